The highest BCUT2D eigenvalue weighted by Gasteiger charge is 2.29. The molecule has 0 aromatic heterocycles. The van der Waals surface area contributed by atoms with Crippen LogP contribution in [-0.4, -0.2) is 19.1 Å². The zero-order valence-corrected chi connectivity index (χ0v) is 9.39. The summed E-state index contributed by atoms with van der Waals surface area (Å²) in [6, 6.07) is 10.9. The van der Waals surface area contributed by atoms with Gasteiger partial charge in [0.25, 0.3) is 0 Å². The van der Waals surface area contributed by atoms with Crippen molar-refractivity contribution in [3.8, 4) is 0 Å². The molecule has 2 N–H and O–H groups in total. The molecule has 0 spiro atoms. The van der Waals surface area contributed by atoms with E-state index in [4.69, 9.17) is 5.73 Å². The molecular formula is C13H20N2. The van der Waals surface area contributed by atoms with E-state index in [0.717, 1.165) is 19.0 Å². The Morgan fingerprint density at radius 1 is 1.33 bits per heavy atom. The Balaban J connectivity index is 1.97. The molecule has 82 valence electrons. The maximum atomic E-state index is 6.15. The molecule has 1 atom stereocenters. The minimum Gasteiger partial charge on any atom is -0.370 e. The molecule has 1 aromatic carbocycles. The van der Waals surface area contributed by atoms with E-state index in [1.807, 2.05) is 0 Å². The van der Waals surface area contributed by atoms with E-state index in [1.54, 1.807) is 0 Å². The van der Waals surface area contributed by atoms with E-state index in [2.05, 4.69) is 42.2 Å². The van der Waals surface area contributed by atoms with Gasteiger partial charge in [-0.15, -0.1) is 0 Å². The third-order valence-electron chi connectivity index (χ3n) is 3.16. The number of nitrogens with zero attached hydrogens (tertiary/aromatic N) is 1. The fourth-order valence-electron chi connectivity index (χ4n) is 1.98. The lowest BCUT2D eigenvalue weighted by molar-refractivity contribution is 0.577. The summed E-state index contributed by atoms with van der Waals surface area (Å²) >= 11 is 0. The number of rotatable bonds is 5. The lowest BCUT2D eigenvalue weighted by atomic mass is 10.1. The average Bonchev–Trinajstić information content (AvgIpc) is 3.10. The number of para-hydroxylation sites is 1. The van der Waals surface area contributed by atoms with Crippen LogP contribution in [-0.2, 0) is 0 Å². The summed E-state index contributed by atoms with van der Waals surface area (Å²) in [5, 5.41) is 0. The summed E-state index contributed by atoms with van der Waals surface area (Å²) in [6.45, 7) is 4.21. The van der Waals surface area contributed by atoms with Gasteiger partial charge in [-0.05, 0) is 37.8 Å². The van der Waals surface area contributed by atoms with Crippen LogP contribution in [0.4, 0.5) is 5.69 Å². The molecule has 1 saturated carbocycles. The number of anilines is 1. The smallest absolute Gasteiger partial charge is 0.0366 e. The van der Waals surface area contributed by atoms with Gasteiger partial charge in [0.05, 0.1) is 0 Å². The highest BCUT2D eigenvalue weighted by molar-refractivity contribution is 5.46. The Labute approximate surface area is 92.1 Å². The molecule has 0 heterocycles. The van der Waals surface area contributed by atoms with E-state index < -0.39 is 0 Å². The Morgan fingerprint density at radius 3 is 2.53 bits per heavy atom. The van der Waals surface area contributed by atoms with Gasteiger partial charge in [-0.2, -0.15) is 0 Å². The van der Waals surface area contributed by atoms with Crippen LogP contribution in [0.5, 0.6) is 0 Å². The number of hydrogen-bond donors (Lipinski definition) is 1. The maximum absolute atomic E-state index is 6.15. The fraction of sp³-hybridized carbons (Fsp3) is 0.538. The van der Waals surface area contributed by atoms with E-state index in [0.29, 0.717) is 6.04 Å². The molecule has 0 bridgehead atoms. The minimum atomic E-state index is 0.352. The SMILES string of the molecule is CCN(CC(N)C1CC1)c1ccccc1. The first-order valence-corrected chi connectivity index (χ1v) is 5.87. The summed E-state index contributed by atoms with van der Waals surface area (Å²) < 4.78 is 0. The fourth-order valence-corrected chi connectivity index (χ4v) is 1.98. The van der Waals surface area contributed by atoms with Crippen LogP contribution in [0.1, 0.15) is 19.8 Å². The van der Waals surface area contributed by atoms with Crippen molar-refractivity contribution in [2.75, 3.05) is 18.0 Å². The van der Waals surface area contributed by atoms with E-state index in [9.17, 15) is 0 Å². The van der Waals surface area contributed by atoms with Crippen molar-refractivity contribution in [2.45, 2.75) is 25.8 Å². The van der Waals surface area contributed by atoms with Crippen molar-refractivity contribution in [1.29, 1.82) is 0 Å². The minimum absolute atomic E-state index is 0.352. The van der Waals surface area contributed by atoms with Crippen LogP contribution in [0, 0.1) is 5.92 Å². The van der Waals surface area contributed by atoms with Gasteiger partial charge in [0.2, 0.25) is 0 Å². The van der Waals surface area contributed by atoms with Crippen LogP contribution in [0.3, 0.4) is 0 Å². The normalized spacial score (nSPS) is 17.5. The number of nitrogens with two attached hydrogens (primary N) is 1. The zero-order valence-electron chi connectivity index (χ0n) is 9.39. The Kier molecular flexibility index (Phi) is 3.27. The second kappa shape index (κ2) is 4.67. The van der Waals surface area contributed by atoms with Crippen molar-refractivity contribution in [1.82, 2.24) is 0 Å². The first-order valence-electron chi connectivity index (χ1n) is 5.87. The average molecular weight is 204 g/mol. The number of benzene rings is 1. The molecule has 0 amide bonds. The standard InChI is InChI=1S/C13H20N2/c1-2-15(10-13(14)11-8-9-11)12-6-4-3-5-7-12/h3-7,11,13H,2,8-10,14H2,1H3. The summed E-state index contributed by atoms with van der Waals surface area (Å²) in [4.78, 5) is 2.36. The van der Waals surface area contributed by atoms with Gasteiger partial charge in [0.1, 0.15) is 0 Å². The second-order valence-electron chi connectivity index (χ2n) is 4.38. The lowest BCUT2D eigenvalue weighted by Crippen LogP contribution is -2.38. The largest absolute Gasteiger partial charge is 0.370 e. The molecule has 2 heteroatoms. The highest BCUT2D eigenvalue weighted by atomic mass is 15.1. The number of hydrogen-bond acceptors (Lipinski definition) is 2. The second-order valence-corrected chi connectivity index (χ2v) is 4.38. The van der Waals surface area contributed by atoms with Gasteiger partial charge < -0.3 is 10.6 Å². The summed E-state index contributed by atoms with van der Waals surface area (Å²) in [5.41, 5.74) is 7.44. The van der Waals surface area contributed by atoms with Gasteiger partial charge in [0.15, 0.2) is 0 Å². The maximum Gasteiger partial charge on any atom is 0.0366 e. The molecule has 1 aromatic rings. The van der Waals surface area contributed by atoms with Gasteiger partial charge in [-0.1, -0.05) is 18.2 Å². The molecule has 0 saturated heterocycles. The van der Waals surface area contributed by atoms with Crippen LogP contribution >= 0.6 is 0 Å². The summed E-state index contributed by atoms with van der Waals surface area (Å²) in [6.07, 6.45) is 2.65. The predicted octanol–water partition coefficient (Wildman–Crippen LogP) is 2.25. The summed E-state index contributed by atoms with van der Waals surface area (Å²) in [7, 11) is 0. The molecule has 0 radical (unpaired) electrons. The molecule has 1 unspecified atom stereocenters. The van der Waals surface area contributed by atoms with Crippen molar-refractivity contribution in [2.24, 2.45) is 11.7 Å². The molecule has 0 aliphatic heterocycles. The molecule has 15 heavy (non-hydrogen) atoms. The highest BCUT2D eigenvalue weighted by Crippen LogP contribution is 2.32. The first kappa shape index (κ1) is 10.5. The van der Waals surface area contributed by atoms with Gasteiger partial charge in [-0.25, -0.2) is 0 Å². The number of likely N-dealkylation sites (N-methyl/N-ethyl adjacent to an activating group) is 1. The van der Waals surface area contributed by atoms with E-state index in [1.165, 1.54) is 18.5 Å². The zero-order chi connectivity index (χ0) is 10.7. The molecule has 1 aliphatic rings. The third-order valence-corrected chi connectivity index (χ3v) is 3.16. The quantitative estimate of drug-likeness (QED) is 0.797. The third kappa shape index (κ3) is 2.72. The Bertz CT molecular complexity index is 293. The van der Waals surface area contributed by atoms with Crippen molar-refractivity contribution in [3.63, 3.8) is 0 Å². The van der Waals surface area contributed by atoms with Crippen molar-refractivity contribution >= 4 is 5.69 Å². The van der Waals surface area contributed by atoms with Crippen LogP contribution in [0.25, 0.3) is 0 Å². The molecular weight excluding hydrogens is 184 g/mol. The van der Waals surface area contributed by atoms with Gasteiger partial charge >= 0.3 is 0 Å². The first-order chi connectivity index (χ1) is 7.31. The van der Waals surface area contributed by atoms with Crippen molar-refractivity contribution in [3.05, 3.63) is 30.3 Å². The summed E-state index contributed by atoms with van der Waals surface area (Å²) in [5.74, 6) is 0.780. The van der Waals surface area contributed by atoms with E-state index >= 15 is 0 Å². The van der Waals surface area contributed by atoms with E-state index in [-0.39, 0.29) is 0 Å². The van der Waals surface area contributed by atoms with Gasteiger partial charge in [0, 0.05) is 24.8 Å². The van der Waals surface area contributed by atoms with Crippen molar-refractivity contribution < 1.29 is 0 Å². The van der Waals surface area contributed by atoms with Crippen LogP contribution in [0.15, 0.2) is 30.3 Å². The lowest BCUT2D eigenvalue weighted by Gasteiger charge is -2.26. The Morgan fingerprint density at radius 2 is 2.00 bits per heavy atom. The topological polar surface area (TPSA) is 29.3 Å². The molecule has 2 rings (SSSR count). The van der Waals surface area contributed by atoms with Crippen LogP contribution < -0.4 is 10.6 Å². The Hall–Kier alpha value is -1.02. The molecule has 1 fully saturated rings. The van der Waals surface area contributed by atoms with Crippen LogP contribution in [0.2, 0.25) is 0 Å². The molecule has 2 nitrogen and oxygen atoms in total. The predicted molar refractivity (Wildman–Crippen MR) is 65.0 cm³/mol. The van der Waals surface area contributed by atoms with Gasteiger partial charge in [-0.3, -0.25) is 0 Å². The monoisotopic (exact) mass is 204 g/mol. The molecule has 1 aliphatic carbocycles.